The molecule has 2 atom stereocenters. The van der Waals surface area contributed by atoms with Crippen LogP contribution in [0, 0.1) is 11.8 Å². The predicted molar refractivity (Wildman–Crippen MR) is 81.1 cm³/mol. The lowest BCUT2D eigenvalue weighted by Gasteiger charge is -2.44. The highest BCUT2D eigenvalue weighted by Crippen LogP contribution is 2.23. The third-order valence-corrected chi connectivity index (χ3v) is 4.50. The molecular formula is C15H33N3O. The fourth-order valence-electron chi connectivity index (χ4n) is 2.87. The minimum Gasteiger partial charge on any atom is -0.396 e. The van der Waals surface area contributed by atoms with E-state index in [2.05, 4.69) is 37.9 Å². The fraction of sp³-hybridized carbons (Fsp3) is 1.00. The van der Waals surface area contributed by atoms with Crippen molar-refractivity contribution in [3.05, 3.63) is 0 Å². The molecule has 0 aliphatic carbocycles. The minimum atomic E-state index is 0.0658. The van der Waals surface area contributed by atoms with E-state index in [1.54, 1.807) is 0 Å². The fourth-order valence-corrected chi connectivity index (χ4v) is 2.87. The Labute approximate surface area is 118 Å². The zero-order valence-electron chi connectivity index (χ0n) is 13.2. The summed E-state index contributed by atoms with van der Waals surface area (Å²) in [6.45, 7) is 13.1. The van der Waals surface area contributed by atoms with Gasteiger partial charge in [-0.1, -0.05) is 20.8 Å². The molecule has 0 aromatic carbocycles. The molecule has 1 aliphatic rings. The Morgan fingerprint density at radius 1 is 1.21 bits per heavy atom. The summed E-state index contributed by atoms with van der Waals surface area (Å²) in [5.41, 5.74) is 6.10. The molecule has 1 aliphatic heterocycles. The van der Waals surface area contributed by atoms with Crippen molar-refractivity contribution in [3.8, 4) is 0 Å². The molecule has 0 aromatic heterocycles. The molecule has 0 amide bonds. The van der Waals surface area contributed by atoms with Crippen LogP contribution in [0.3, 0.4) is 0 Å². The SMILES string of the molecule is CC(C)CN1CCC(CN)(NC(C)C(C)CO)CC1. The first kappa shape index (κ1) is 16.9. The highest BCUT2D eigenvalue weighted by atomic mass is 16.3. The van der Waals surface area contributed by atoms with E-state index in [4.69, 9.17) is 5.73 Å². The molecule has 4 nitrogen and oxygen atoms in total. The summed E-state index contributed by atoms with van der Waals surface area (Å²) in [5.74, 6) is 1.00. The van der Waals surface area contributed by atoms with Gasteiger partial charge in [0.15, 0.2) is 0 Å². The van der Waals surface area contributed by atoms with E-state index in [1.807, 2.05) is 0 Å². The average Bonchev–Trinajstić information content (AvgIpc) is 2.39. The van der Waals surface area contributed by atoms with E-state index in [-0.39, 0.29) is 18.1 Å². The molecule has 1 rings (SSSR count). The van der Waals surface area contributed by atoms with Crippen LogP contribution in [-0.2, 0) is 0 Å². The number of aliphatic hydroxyl groups excluding tert-OH is 1. The van der Waals surface area contributed by atoms with Gasteiger partial charge in [0.1, 0.15) is 0 Å². The maximum atomic E-state index is 9.25. The van der Waals surface area contributed by atoms with Gasteiger partial charge in [0.05, 0.1) is 0 Å². The van der Waals surface area contributed by atoms with Gasteiger partial charge in [-0.2, -0.15) is 0 Å². The Morgan fingerprint density at radius 3 is 2.21 bits per heavy atom. The molecule has 0 aromatic rings. The third kappa shape index (κ3) is 5.03. The van der Waals surface area contributed by atoms with Crippen molar-refractivity contribution in [1.82, 2.24) is 10.2 Å². The summed E-state index contributed by atoms with van der Waals surface area (Å²) in [6, 6.07) is 0.310. The number of nitrogens with one attached hydrogen (secondary N) is 1. The summed E-state index contributed by atoms with van der Waals surface area (Å²) in [5, 5.41) is 12.9. The predicted octanol–water partition coefficient (Wildman–Crippen LogP) is 1.04. The largest absolute Gasteiger partial charge is 0.396 e. The van der Waals surface area contributed by atoms with Gasteiger partial charge in [-0.15, -0.1) is 0 Å². The Balaban J connectivity index is 2.50. The van der Waals surface area contributed by atoms with Gasteiger partial charge < -0.3 is 21.1 Å². The highest BCUT2D eigenvalue weighted by molar-refractivity contribution is 4.96. The van der Waals surface area contributed by atoms with Gasteiger partial charge in [0.25, 0.3) is 0 Å². The van der Waals surface area contributed by atoms with Gasteiger partial charge in [0, 0.05) is 31.3 Å². The molecule has 1 saturated heterocycles. The van der Waals surface area contributed by atoms with E-state index in [9.17, 15) is 5.11 Å². The van der Waals surface area contributed by atoms with Crippen LogP contribution < -0.4 is 11.1 Å². The molecule has 0 bridgehead atoms. The van der Waals surface area contributed by atoms with Crippen LogP contribution in [0.2, 0.25) is 0 Å². The van der Waals surface area contributed by atoms with Crippen LogP contribution in [0.15, 0.2) is 0 Å². The van der Waals surface area contributed by atoms with E-state index in [1.165, 1.54) is 6.54 Å². The standard InChI is InChI=1S/C15H33N3O/c1-12(2)9-18-7-5-15(11-16,6-8-18)17-14(4)13(3)10-19/h12-14,17,19H,5-11,16H2,1-4H3. The number of aliphatic hydroxyl groups is 1. The number of hydrogen-bond acceptors (Lipinski definition) is 4. The second-order valence-electron chi connectivity index (χ2n) is 6.77. The van der Waals surface area contributed by atoms with Crippen molar-refractivity contribution in [2.45, 2.75) is 52.1 Å². The van der Waals surface area contributed by atoms with E-state index in [0.717, 1.165) is 31.8 Å². The molecule has 2 unspecified atom stereocenters. The number of likely N-dealkylation sites (tertiary alicyclic amines) is 1. The maximum absolute atomic E-state index is 9.25. The van der Waals surface area contributed by atoms with Crippen LogP contribution in [-0.4, -0.2) is 54.4 Å². The molecule has 0 radical (unpaired) electrons. The lowest BCUT2D eigenvalue weighted by molar-refractivity contribution is 0.105. The van der Waals surface area contributed by atoms with Crippen LogP contribution in [0.4, 0.5) is 0 Å². The molecule has 4 N–H and O–H groups in total. The van der Waals surface area contributed by atoms with Crippen molar-refractivity contribution >= 4 is 0 Å². The topological polar surface area (TPSA) is 61.5 Å². The number of piperidine rings is 1. The first-order chi connectivity index (χ1) is 8.92. The number of rotatable bonds is 7. The molecule has 114 valence electrons. The average molecular weight is 271 g/mol. The molecule has 1 heterocycles. The molecule has 1 fully saturated rings. The van der Waals surface area contributed by atoms with Crippen molar-refractivity contribution < 1.29 is 5.11 Å². The minimum absolute atomic E-state index is 0.0658. The van der Waals surface area contributed by atoms with Crippen molar-refractivity contribution in [2.75, 3.05) is 32.8 Å². The lowest BCUT2D eigenvalue weighted by atomic mass is 9.85. The lowest BCUT2D eigenvalue weighted by Crippen LogP contribution is -2.61. The van der Waals surface area contributed by atoms with Gasteiger partial charge >= 0.3 is 0 Å². The van der Waals surface area contributed by atoms with Gasteiger partial charge in [0.2, 0.25) is 0 Å². The Bertz CT molecular complexity index is 250. The normalized spacial score (nSPS) is 23.5. The van der Waals surface area contributed by atoms with Crippen LogP contribution in [0.1, 0.15) is 40.5 Å². The van der Waals surface area contributed by atoms with E-state index < -0.39 is 0 Å². The number of nitrogens with two attached hydrogens (primary N) is 1. The third-order valence-electron chi connectivity index (χ3n) is 4.50. The van der Waals surface area contributed by atoms with Crippen molar-refractivity contribution in [1.29, 1.82) is 0 Å². The zero-order valence-corrected chi connectivity index (χ0v) is 13.2. The van der Waals surface area contributed by atoms with Gasteiger partial charge in [-0.25, -0.2) is 0 Å². The van der Waals surface area contributed by atoms with Crippen LogP contribution in [0.25, 0.3) is 0 Å². The molecule has 0 spiro atoms. The van der Waals surface area contributed by atoms with E-state index in [0.29, 0.717) is 12.6 Å². The summed E-state index contributed by atoms with van der Waals surface area (Å²) >= 11 is 0. The van der Waals surface area contributed by atoms with Crippen LogP contribution >= 0.6 is 0 Å². The highest BCUT2D eigenvalue weighted by Gasteiger charge is 2.35. The van der Waals surface area contributed by atoms with Crippen molar-refractivity contribution in [2.24, 2.45) is 17.6 Å². The van der Waals surface area contributed by atoms with Gasteiger partial charge in [-0.05, 0) is 44.7 Å². The zero-order chi connectivity index (χ0) is 14.5. The van der Waals surface area contributed by atoms with Crippen LogP contribution in [0.5, 0.6) is 0 Å². The smallest absolute Gasteiger partial charge is 0.0471 e. The number of hydrogen-bond donors (Lipinski definition) is 3. The summed E-state index contributed by atoms with van der Waals surface area (Å²) < 4.78 is 0. The quantitative estimate of drug-likeness (QED) is 0.647. The first-order valence-corrected chi connectivity index (χ1v) is 7.73. The molecule has 4 heteroatoms. The molecule has 0 saturated carbocycles. The van der Waals surface area contributed by atoms with E-state index >= 15 is 0 Å². The summed E-state index contributed by atoms with van der Waals surface area (Å²) in [6.07, 6.45) is 2.22. The Kier molecular flexibility index (Phi) is 6.74. The maximum Gasteiger partial charge on any atom is 0.0471 e. The number of nitrogens with zero attached hydrogens (tertiary/aromatic N) is 1. The van der Waals surface area contributed by atoms with Crippen molar-refractivity contribution in [3.63, 3.8) is 0 Å². The second kappa shape index (κ2) is 7.58. The summed E-state index contributed by atoms with van der Waals surface area (Å²) in [7, 11) is 0. The molecule has 19 heavy (non-hydrogen) atoms. The molecular weight excluding hydrogens is 238 g/mol. The first-order valence-electron chi connectivity index (χ1n) is 7.73. The summed E-state index contributed by atoms with van der Waals surface area (Å²) in [4.78, 5) is 2.54. The Morgan fingerprint density at radius 2 is 1.79 bits per heavy atom. The monoisotopic (exact) mass is 271 g/mol. The second-order valence-corrected chi connectivity index (χ2v) is 6.77. The van der Waals surface area contributed by atoms with Gasteiger partial charge in [-0.3, -0.25) is 0 Å². The Hall–Kier alpha value is -0.160.